The van der Waals surface area contributed by atoms with E-state index in [2.05, 4.69) is 10.6 Å². The van der Waals surface area contributed by atoms with E-state index in [1.165, 1.54) is 0 Å². The molecule has 0 spiro atoms. The van der Waals surface area contributed by atoms with Crippen molar-refractivity contribution < 1.29 is 29.0 Å². The standard InChI is InChI=1S/C29H34N2O6/c1-19-6-5-9-26(33)36-17-16-25(37-23-7-3-2-4-8-23)29(35)30-24(18-20-10-14-22(32)15-11-20)28(34)31-27(19)21-12-13-21/h2-8,10-11,14-15,19,21,24-25,27,32H,9,12-13,16-18H2,1H3,(H,30,35)(H,31,34)/b6-5+/t19-,24+,25?,27+/m1/s1. The van der Waals surface area contributed by atoms with Gasteiger partial charge in [-0.1, -0.05) is 49.4 Å². The smallest absolute Gasteiger partial charge is 0.309 e. The zero-order valence-electron chi connectivity index (χ0n) is 21.0. The van der Waals surface area contributed by atoms with E-state index in [-0.39, 0.29) is 55.5 Å². The molecule has 8 nitrogen and oxygen atoms in total. The van der Waals surface area contributed by atoms with Gasteiger partial charge in [-0.2, -0.15) is 0 Å². The van der Waals surface area contributed by atoms with Gasteiger partial charge < -0.3 is 25.2 Å². The van der Waals surface area contributed by atoms with Gasteiger partial charge in [0.1, 0.15) is 17.5 Å². The molecule has 1 unspecified atom stereocenters. The number of phenols is 1. The van der Waals surface area contributed by atoms with Gasteiger partial charge in [-0.15, -0.1) is 0 Å². The molecule has 2 aromatic rings. The normalized spacial score (nSPS) is 26.6. The summed E-state index contributed by atoms with van der Waals surface area (Å²) < 4.78 is 11.3. The third-order valence-corrected chi connectivity index (χ3v) is 6.70. The van der Waals surface area contributed by atoms with Gasteiger partial charge in [0, 0.05) is 18.9 Å². The van der Waals surface area contributed by atoms with Crippen molar-refractivity contribution in [2.45, 2.75) is 57.2 Å². The van der Waals surface area contributed by atoms with Gasteiger partial charge in [0.25, 0.3) is 5.91 Å². The van der Waals surface area contributed by atoms with E-state index < -0.39 is 18.1 Å². The highest BCUT2D eigenvalue weighted by Crippen LogP contribution is 2.36. The van der Waals surface area contributed by atoms with E-state index in [9.17, 15) is 19.5 Å². The van der Waals surface area contributed by atoms with Gasteiger partial charge in [0.15, 0.2) is 6.10 Å². The molecule has 2 aromatic carbocycles. The topological polar surface area (TPSA) is 114 Å². The van der Waals surface area contributed by atoms with Crippen molar-refractivity contribution in [1.29, 1.82) is 0 Å². The van der Waals surface area contributed by atoms with Crippen LogP contribution in [0.2, 0.25) is 0 Å². The number of cyclic esters (lactones) is 1. The molecule has 0 saturated heterocycles. The van der Waals surface area contributed by atoms with Gasteiger partial charge in [0.05, 0.1) is 13.0 Å². The number of para-hydroxylation sites is 1. The molecule has 4 rings (SSSR count). The maximum absolute atomic E-state index is 13.6. The van der Waals surface area contributed by atoms with Gasteiger partial charge in [-0.05, 0) is 54.5 Å². The molecule has 2 aliphatic rings. The van der Waals surface area contributed by atoms with E-state index in [1.807, 2.05) is 19.1 Å². The monoisotopic (exact) mass is 506 g/mol. The van der Waals surface area contributed by atoms with Crippen LogP contribution in [-0.4, -0.2) is 47.7 Å². The molecule has 3 N–H and O–H groups in total. The lowest BCUT2D eigenvalue weighted by Crippen LogP contribution is -2.54. The van der Waals surface area contributed by atoms with Gasteiger partial charge in [-0.3, -0.25) is 14.4 Å². The fourth-order valence-corrected chi connectivity index (χ4v) is 4.48. The summed E-state index contributed by atoms with van der Waals surface area (Å²) >= 11 is 0. The molecular weight excluding hydrogens is 472 g/mol. The van der Waals surface area contributed by atoms with Crippen molar-refractivity contribution in [2.75, 3.05) is 6.61 Å². The number of amides is 2. The highest BCUT2D eigenvalue weighted by molar-refractivity contribution is 5.90. The predicted molar refractivity (Wildman–Crippen MR) is 138 cm³/mol. The maximum Gasteiger partial charge on any atom is 0.309 e. The Hall–Kier alpha value is -3.81. The number of hydrogen-bond acceptors (Lipinski definition) is 6. The third kappa shape index (κ3) is 7.84. The van der Waals surface area contributed by atoms with E-state index >= 15 is 0 Å². The molecule has 8 heteroatoms. The first kappa shape index (κ1) is 26.3. The number of aromatic hydroxyl groups is 1. The van der Waals surface area contributed by atoms with Crippen LogP contribution in [0.1, 0.15) is 38.2 Å². The van der Waals surface area contributed by atoms with Gasteiger partial charge in [0.2, 0.25) is 5.91 Å². The Morgan fingerprint density at radius 3 is 2.38 bits per heavy atom. The van der Waals surface area contributed by atoms with Crippen LogP contribution in [0.5, 0.6) is 11.5 Å². The average Bonchev–Trinajstić information content (AvgIpc) is 3.72. The van der Waals surface area contributed by atoms with Gasteiger partial charge in [-0.25, -0.2) is 0 Å². The summed E-state index contributed by atoms with van der Waals surface area (Å²) in [5.74, 6) is -0.146. The summed E-state index contributed by atoms with van der Waals surface area (Å²) in [7, 11) is 0. The van der Waals surface area contributed by atoms with Crippen molar-refractivity contribution in [2.24, 2.45) is 11.8 Å². The Labute approximate surface area is 217 Å². The molecule has 37 heavy (non-hydrogen) atoms. The van der Waals surface area contributed by atoms with E-state index in [0.29, 0.717) is 11.7 Å². The van der Waals surface area contributed by atoms with E-state index in [0.717, 1.165) is 18.4 Å². The molecule has 2 amide bonds. The quantitative estimate of drug-likeness (QED) is 0.424. The van der Waals surface area contributed by atoms with Crippen molar-refractivity contribution in [1.82, 2.24) is 10.6 Å². The van der Waals surface area contributed by atoms with Crippen LogP contribution in [-0.2, 0) is 25.5 Å². The number of hydrogen-bond donors (Lipinski definition) is 3. The maximum atomic E-state index is 13.6. The van der Waals surface area contributed by atoms with Crippen LogP contribution in [0.15, 0.2) is 66.7 Å². The zero-order chi connectivity index (χ0) is 26.2. The molecule has 0 bridgehead atoms. The number of ether oxygens (including phenoxy) is 2. The summed E-state index contributed by atoms with van der Waals surface area (Å²) in [6.07, 6.45) is 5.29. The summed E-state index contributed by atoms with van der Waals surface area (Å²) in [6, 6.07) is 14.5. The average molecular weight is 507 g/mol. The minimum Gasteiger partial charge on any atom is -0.508 e. The third-order valence-electron chi connectivity index (χ3n) is 6.70. The Morgan fingerprint density at radius 1 is 0.946 bits per heavy atom. The fourth-order valence-electron chi connectivity index (χ4n) is 4.48. The second-order valence-electron chi connectivity index (χ2n) is 9.72. The van der Waals surface area contributed by atoms with Crippen molar-refractivity contribution in [3.05, 3.63) is 72.3 Å². The number of benzene rings is 2. The summed E-state index contributed by atoms with van der Waals surface area (Å²) in [5.41, 5.74) is 0.793. The summed E-state index contributed by atoms with van der Waals surface area (Å²) in [5, 5.41) is 15.7. The highest BCUT2D eigenvalue weighted by Gasteiger charge is 2.37. The SMILES string of the molecule is C[C@@H]1/C=C/CC(=O)OCCC(Oc2ccccc2)C(=O)N[C@@H](Cc2ccc(O)cc2)C(=O)N[C@@H]1C1CC1. The van der Waals surface area contributed by atoms with Crippen LogP contribution >= 0.6 is 0 Å². The van der Waals surface area contributed by atoms with E-state index in [4.69, 9.17) is 9.47 Å². The number of rotatable bonds is 5. The molecule has 1 aliphatic heterocycles. The number of carbonyl (C=O) groups excluding carboxylic acids is 3. The molecular formula is C29H34N2O6. The molecule has 196 valence electrons. The first-order valence-electron chi connectivity index (χ1n) is 12.8. The fraction of sp³-hybridized carbons (Fsp3) is 0.414. The Kier molecular flexibility index (Phi) is 8.82. The molecule has 0 radical (unpaired) electrons. The van der Waals surface area contributed by atoms with Gasteiger partial charge >= 0.3 is 5.97 Å². The number of phenolic OH excluding ortho intramolecular Hbond substituents is 1. The second-order valence-corrected chi connectivity index (χ2v) is 9.72. The lowest BCUT2D eigenvalue weighted by molar-refractivity contribution is -0.144. The largest absolute Gasteiger partial charge is 0.508 e. The summed E-state index contributed by atoms with van der Waals surface area (Å²) in [4.78, 5) is 39.2. The minimum atomic E-state index is -0.968. The number of esters is 1. The molecule has 1 fully saturated rings. The summed E-state index contributed by atoms with van der Waals surface area (Å²) in [6.45, 7) is 2.02. The van der Waals surface area contributed by atoms with Crippen molar-refractivity contribution in [3.8, 4) is 11.5 Å². The zero-order valence-corrected chi connectivity index (χ0v) is 21.0. The van der Waals surface area contributed by atoms with Crippen LogP contribution in [0.25, 0.3) is 0 Å². The second kappa shape index (κ2) is 12.4. The van der Waals surface area contributed by atoms with E-state index in [1.54, 1.807) is 54.6 Å². The van der Waals surface area contributed by atoms with Crippen molar-refractivity contribution in [3.63, 3.8) is 0 Å². The Balaban J connectivity index is 1.59. The first-order chi connectivity index (χ1) is 17.9. The Morgan fingerprint density at radius 2 is 1.68 bits per heavy atom. The van der Waals surface area contributed by atoms with Crippen LogP contribution < -0.4 is 15.4 Å². The molecule has 1 saturated carbocycles. The number of carbonyl (C=O) groups is 3. The Bertz CT molecular complexity index is 1100. The molecule has 4 atom stereocenters. The lowest BCUT2D eigenvalue weighted by atomic mass is 9.95. The molecule has 1 heterocycles. The first-order valence-corrected chi connectivity index (χ1v) is 12.8. The highest BCUT2D eigenvalue weighted by atomic mass is 16.5. The van der Waals surface area contributed by atoms with Crippen LogP contribution in [0.3, 0.4) is 0 Å². The van der Waals surface area contributed by atoms with Crippen LogP contribution in [0, 0.1) is 11.8 Å². The molecule has 1 aliphatic carbocycles. The molecule has 0 aromatic heterocycles. The predicted octanol–water partition coefficient (Wildman–Crippen LogP) is 3.29. The lowest BCUT2D eigenvalue weighted by Gasteiger charge is -2.27. The minimum absolute atomic E-state index is 0.00662. The van der Waals surface area contributed by atoms with Crippen molar-refractivity contribution >= 4 is 17.8 Å². The number of nitrogens with one attached hydrogen (secondary N) is 2. The van der Waals surface area contributed by atoms with Crippen LogP contribution in [0.4, 0.5) is 0 Å².